The molecule has 0 spiro atoms. The molecular weight excluding hydrogens is 330 g/mol. The fourth-order valence-corrected chi connectivity index (χ4v) is 3.07. The minimum Gasteiger partial charge on any atom is -0.497 e. The van der Waals surface area contributed by atoms with E-state index in [1.54, 1.807) is 19.4 Å². The fourth-order valence-electron chi connectivity index (χ4n) is 3.07. The summed E-state index contributed by atoms with van der Waals surface area (Å²) in [4.78, 5) is 19.0. The molecule has 1 aromatic carbocycles. The van der Waals surface area contributed by atoms with Crippen molar-refractivity contribution in [3.8, 4) is 5.75 Å². The van der Waals surface area contributed by atoms with Crippen LogP contribution in [0, 0.1) is 6.92 Å². The molecular formula is C20H25N3O3. The third-order valence-electron chi connectivity index (χ3n) is 4.62. The number of carbonyl (C=O) groups excluding carboxylic acids is 1. The first-order valence-electron chi connectivity index (χ1n) is 8.84. The highest BCUT2D eigenvalue weighted by molar-refractivity contribution is 5.93. The van der Waals surface area contributed by atoms with E-state index in [0.717, 1.165) is 30.1 Å². The van der Waals surface area contributed by atoms with Crippen LogP contribution in [0.4, 0.5) is 0 Å². The average molecular weight is 355 g/mol. The average Bonchev–Trinajstić information content (AvgIpc) is 2.70. The molecule has 0 aliphatic carbocycles. The minimum atomic E-state index is -0.107. The molecule has 1 aliphatic rings. The first-order valence-corrected chi connectivity index (χ1v) is 8.84. The summed E-state index contributed by atoms with van der Waals surface area (Å²) in [6.07, 6.45) is 1.61. The lowest BCUT2D eigenvalue weighted by molar-refractivity contribution is 0.0162. The first-order chi connectivity index (χ1) is 12.7. The molecule has 6 nitrogen and oxygen atoms in total. The van der Waals surface area contributed by atoms with Crippen LogP contribution in [0.3, 0.4) is 0 Å². The molecule has 26 heavy (non-hydrogen) atoms. The van der Waals surface area contributed by atoms with Gasteiger partial charge in [0, 0.05) is 31.5 Å². The Bertz CT molecular complexity index is 710. The van der Waals surface area contributed by atoms with Crippen molar-refractivity contribution < 1.29 is 14.3 Å². The van der Waals surface area contributed by atoms with Gasteiger partial charge in [0.15, 0.2) is 0 Å². The van der Waals surface area contributed by atoms with Crippen LogP contribution in [0.2, 0.25) is 0 Å². The monoisotopic (exact) mass is 355 g/mol. The minimum absolute atomic E-state index is 0.0900. The van der Waals surface area contributed by atoms with Crippen molar-refractivity contribution in [2.75, 3.05) is 40.0 Å². The number of rotatable bonds is 6. The van der Waals surface area contributed by atoms with Crippen LogP contribution in [0.25, 0.3) is 0 Å². The number of hydrogen-bond donors (Lipinski definition) is 1. The standard InChI is InChI=1S/C20H25N3O3/c1-15-3-4-17(13-21-15)20(24)22-14-19(23-9-11-26-12-10-23)16-5-7-18(25-2)8-6-16/h3-8,13,19H,9-12,14H2,1-2H3,(H,22,24). The molecule has 0 bridgehead atoms. The van der Waals surface area contributed by atoms with Crippen molar-refractivity contribution in [3.63, 3.8) is 0 Å². The number of nitrogens with zero attached hydrogens (tertiary/aromatic N) is 2. The van der Waals surface area contributed by atoms with Crippen LogP contribution in [-0.4, -0.2) is 55.7 Å². The Morgan fingerprint density at radius 3 is 2.58 bits per heavy atom. The summed E-state index contributed by atoms with van der Waals surface area (Å²) in [6, 6.07) is 11.7. The van der Waals surface area contributed by atoms with Crippen LogP contribution in [-0.2, 0) is 4.74 Å². The van der Waals surface area contributed by atoms with Gasteiger partial charge in [-0.3, -0.25) is 14.7 Å². The molecule has 2 aromatic rings. The van der Waals surface area contributed by atoms with Gasteiger partial charge in [-0.1, -0.05) is 12.1 Å². The maximum atomic E-state index is 12.5. The highest BCUT2D eigenvalue weighted by Gasteiger charge is 2.23. The Kier molecular flexibility index (Phi) is 6.20. The summed E-state index contributed by atoms with van der Waals surface area (Å²) < 4.78 is 10.7. The molecule has 1 fully saturated rings. The number of hydrogen-bond acceptors (Lipinski definition) is 5. The predicted octanol–water partition coefficient (Wildman–Crippen LogP) is 2.20. The second-order valence-corrected chi connectivity index (χ2v) is 6.34. The maximum Gasteiger partial charge on any atom is 0.252 e. The highest BCUT2D eigenvalue weighted by atomic mass is 16.5. The second kappa shape index (κ2) is 8.78. The smallest absolute Gasteiger partial charge is 0.252 e. The molecule has 1 aliphatic heterocycles. The summed E-state index contributed by atoms with van der Waals surface area (Å²) >= 11 is 0. The van der Waals surface area contributed by atoms with E-state index in [4.69, 9.17) is 9.47 Å². The number of methoxy groups -OCH3 is 1. The van der Waals surface area contributed by atoms with E-state index in [1.165, 1.54) is 0 Å². The van der Waals surface area contributed by atoms with Crippen molar-refractivity contribution in [2.45, 2.75) is 13.0 Å². The van der Waals surface area contributed by atoms with Gasteiger partial charge in [-0.25, -0.2) is 0 Å². The van der Waals surface area contributed by atoms with E-state index in [2.05, 4.69) is 27.3 Å². The molecule has 1 atom stereocenters. The Morgan fingerprint density at radius 2 is 1.96 bits per heavy atom. The number of nitrogens with one attached hydrogen (secondary N) is 1. The Hall–Kier alpha value is -2.44. The van der Waals surface area contributed by atoms with Gasteiger partial charge in [0.1, 0.15) is 5.75 Å². The molecule has 1 unspecified atom stereocenters. The van der Waals surface area contributed by atoms with Crippen molar-refractivity contribution in [3.05, 3.63) is 59.4 Å². The van der Waals surface area contributed by atoms with Crippen LogP contribution in [0.15, 0.2) is 42.6 Å². The molecule has 1 saturated heterocycles. The van der Waals surface area contributed by atoms with Crippen LogP contribution < -0.4 is 10.1 Å². The van der Waals surface area contributed by atoms with Crippen molar-refractivity contribution in [2.24, 2.45) is 0 Å². The number of carbonyl (C=O) groups is 1. The van der Waals surface area contributed by atoms with E-state index in [9.17, 15) is 4.79 Å². The summed E-state index contributed by atoms with van der Waals surface area (Å²) in [5.74, 6) is 0.716. The summed E-state index contributed by atoms with van der Waals surface area (Å²) in [6.45, 7) is 5.54. The molecule has 2 heterocycles. The van der Waals surface area contributed by atoms with Gasteiger partial charge in [-0.2, -0.15) is 0 Å². The third-order valence-corrected chi connectivity index (χ3v) is 4.62. The van der Waals surface area contributed by atoms with E-state index < -0.39 is 0 Å². The van der Waals surface area contributed by atoms with Gasteiger partial charge in [-0.15, -0.1) is 0 Å². The Labute approximate surface area is 154 Å². The van der Waals surface area contributed by atoms with Gasteiger partial charge in [0.25, 0.3) is 5.91 Å². The zero-order valence-corrected chi connectivity index (χ0v) is 15.3. The molecule has 3 rings (SSSR count). The zero-order chi connectivity index (χ0) is 18.4. The summed E-state index contributed by atoms with van der Waals surface area (Å²) in [5, 5.41) is 3.05. The number of pyridine rings is 1. The van der Waals surface area contributed by atoms with E-state index >= 15 is 0 Å². The van der Waals surface area contributed by atoms with Gasteiger partial charge < -0.3 is 14.8 Å². The number of aryl methyl sites for hydroxylation is 1. The fraction of sp³-hybridized carbons (Fsp3) is 0.400. The summed E-state index contributed by atoms with van der Waals surface area (Å²) in [5.41, 5.74) is 2.62. The Balaban J connectivity index is 1.72. The van der Waals surface area contributed by atoms with Gasteiger partial charge in [0.05, 0.1) is 31.9 Å². The van der Waals surface area contributed by atoms with E-state index in [1.807, 2.05) is 25.1 Å². The number of aromatic nitrogens is 1. The molecule has 138 valence electrons. The lowest BCUT2D eigenvalue weighted by atomic mass is 10.0. The second-order valence-electron chi connectivity index (χ2n) is 6.34. The largest absolute Gasteiger partial charge is 0.497 e. The van der Waals surface area contributed by atoms with Crippen molar-refractivity contribution >= 4 is 5.91 Å². The van der Waals surface area contributed by atoms with Crippen molar-refractivity contribution in [1.29, 1.82) is 0 Å². The maximum absolute atomic E-state index is 12.5. The van der Waals surface area contributed by atoms with Crippen molar-refractivity contribution in [1.82, 2.24) is 15.2 Å². The van der Waals surface area contributed by atoms with Gasteiger partial charge in [-0.05, 0) is 36.8 Å². The number of ether oxygens (including phenoxy) is 2. The quantitative estimate of drug-likeness (QED) is 0.861. The SMILES string of the molecule is COc1ccc(C(CNC(=O)c2ccc(C)nc2)N2CCOCC2)cc1. The lowest BCUT2D eigenvalue weighted by Gasteiger charge is -2.35. The molecule has 0 radical (unpaired) electrons. The zero-order valence-electron chi connectivity index (χ0n) is 15.3. The molecule has 6 heteroatoms. The topological polar surface area (TPSA) is 63.7 Å². The van der Waals surface area contributed by atoms with Gasteiger partial charge >= 0.3 is 0 Å². The Morgan fingerprint density at radius 1 is 1.23 bits per heavy atom. The van der Waals surface area contributed by atoms with Gasteiger partial charge in [0.2, 0.25) is 0 Å². The van der Waals surface area contributed by atoms with Crippen LogP contribution >= 0.6 is 0 Å². The first kappa shape index (κ1) is 18.4. The van der Waals surface area contributed by atoms with Crippen LogP contribution in [0.5, 0.6) is 5.75 Å². The lowest BCUT2D eigenvalue weighted by Crippen LogP contribution is -2.43. The highest BCUT2D eigenvalue weighted by Crippen LogP contribution is 2.23. The third kappa shape index (κ3) is 4.59. The molecule has 1 N–H and O–H groups in total. The number of morpholine rings is 1. The molecule has 1 aromatic heterocycles. The van der Waals surface area contributed by atoms with E-state index in [0.29, 0.717) is 25.3 Å². The summed E-state index contributed by atoms with van der Waals surface area (Å²) in [7, 11) is 1.66. The van der Waals surface area contributed by atoms with E-state index in [-0.39, 0.29) is 11.9 Å². The number of amides is 1. The predicted molar refractivity (Wildman–Crippen MR) is 99.4 cm³/mol. The normalized spacial score (nSPS) is 16.1. The molecule has 0 saturated carbocycles. The van der Waals surface area contributed by atoms with Crippen LogP contribution in [0.1, 0.15) is 27.7 Å². The number of benzene rings is 1. The molecule has 1 amide bonds.